The predicted molar refractivity (Wildman–Crippen MR) is 119 cm³/mol. The molecule has 0 spiro atoms. The van der Waals surface area contributed by atoms with Crippen LogP contribution in [-0.4, -0.2) is 36.2 Å². The first-order valence-electron chi connectivity index (χ1n) is 11.0. The molecule has 2 N–H and O–H groups in total. The summed E-state index contributed by atoms with van der Waals surface area (Å²) < 4.78 is 9.09. The van der Waals surface area contributed by atoms with E-state index in [1.54, 1.807) is 10.8 Å². The molecular weight excluding hydrogens is 408 g/mol. The van der Waals surface area contributed by atoms with E-state index in [9.17, 15) is 9.59 Å². The Morgan fingerprint density at radius 1 is 1.25 bits per heavy atom. The maximum Gasteiger partial charge on any atom is 0.312 e. The first kappa shape index (κ1) is 22.0. The molecular formula is C23H30N6O3. The number of nitrogens with zero attached hydrogens (tertiary/aromatic N) is 5. The Balaban J connectivity index is 1.60. The number of amides is 1. The number of hydrogen-bond donors (Lipinski definition) is 1. The van der Waals surface area contributed by atoms with Crippen molar-refractivity contribution in [3.05, 3.63) is 31.0 Å². The molecule has 0 unspecified atom stereocenters. The number of carbonyl (C=O) groups excluding carboxylic acids is 2. The number of aromatic nitrogens is 5. The van der Waals surface area contributed by atoms with Crippen molar-refractivity contribution >= 4 is 22.9 Å². The summed E-state index contributed by atoms with van der Waals surface area (Å²) in [6.07, 6.45) is 11.8. The van der Waals surface area contributed by atoms with Crippen molar-refractivity contribution in [2.24, 2.45) is 17.1 Å². The lowest BCUT2D eigenvalue weighted by molar-refractivity contribution is -0.156. The lowest BCUT2D eigenvalue weighted by atomic mass is 9.95. The molecule has 1 aliphatic rings. The van der Waals surface area contributed by atoms with E-state index in [1.165, 1.54) is 19.2 Å². The Morgan fingerprint density at radius 3 is 2.69 bits per heavy atom. The number of primary amides is 1. The molecule has 0 saturated heterocycles. The van der Waals surface area contributed by atoms with E-state index in [2.05, 4.69) is 15.1 Å². The average molecular weight is 439 g/mol. The van der Waals surface area contributed by atoms with E-state index in [0.717, 1.165) is 29.5 Å². The molecule has 1 saturated carbocycles. The number of rotatable bonds is 7. The molecule has 9 heteroatoms. The standard InChI is InChI=1S/C23H30N6O3/c1-23(2,3)22(31)32-14-28-9-8-17-20(25-13-26-21(17)28)16-11-27-29(12-16)18(10-19(24)30)15-6-4-5-7-15/h8-9,11-13,15,18H,4-7,10,14H2,1-3H3,(H2,24,30)/t18-/m0/s1. The molecule has 1 atom stereocenters. The van der Waals surface area contributed by atoms with Gasteiger partial charge in [-0.25, -0.2) is 9.97 Å². The number of ether oxygens (including phenoxy) is 1. The van der Waals surface area contributed by atoms with Gasteiger partial charge in [-0.2, -0.15) is 5.10 Å². The van der Waals surface area contributed by atoms with Crippen LogP contribution in [0.15, 0.2) is 31.0 Å². The van der Waals surface area contributed by atoms with E-state index in [4.69, 9.17) is 10.5 Å². The van der Waals surface area contributed by atoms with Gasteiger partial charge in [-0.05, 0) is 45.6 Å². The van der Waals surface area contributed by atoms with Crippen LogP contribution in [0.1, 0.15) is 58.9 Å². The summed E-state index contributed by atoms with van der Waals surface area (Å²) in [4.78, 5) is 32.7. The quantitative estimate of drug-likeness (QED) is 0.565. The zero-order chi connectivity index (χ0) is 22.9. The number of fused-ring (bicyclic) bond motifs is 1. The van der Waals surface area contributed by atoms with Crippen molar-refractivity contribution in [1.29, 1.82) is 0 Å². The molecule has 3 heterocycles. The van der Waals surface area contributed by atoms with Gasteiger partial charge in [-0.15, -0.1) is 0 Å². The first-order chi connectivity index (χ1) is 15.2. The topological polar surface area (TPSA) is 118 Å². The molecule has 1 fully saturated rings. The molecule has 0 radical (unpaired) electrons. The summed E-state index contributed by atoms with van der Waals surface area (Å²) >= 11 is 0. The van der Waals surface area contributed by atoms with Crippen molar-refractivity contribution in [2.45, 2.75) is 65.6 Å². The predicted octanol–water partition coefficient (Wildman–Crippen LogP) is 3.45. The summed E-state index contributed by atoms with van der Waals surface area (Å²) in [6.45, 7) is 5.53. The second kappa shape index (κ2) is 8.72. The number of hydrogen-bond acceptors (Lipinski definition) is 6. The van der Waals surface area contributed by atoms with Crippen LogP contribution in [0.3, 0.4) is 0 Å². The highest BCUT2D eigenvalue weighted by Crippen LogP contribution is 2.37. The van der Waals surface area contributed by atoms with Crippen molar-refractivity contribution in [3.63, 3.8) is 0 Å². The molecule has 9 nitrogen and oxygen atoms in total. The van der Waals surface area contributed by atoms with Crippen molar-refractivity contribution in [2.75, 3.05) is 0 Å². The van der Waals surface area contributed by atoms with E-state index in [0.29, 0.717) is 11.6 Å². The van der Waals surface area contributed by atoms with Gasteiger partial charge in [0.1, 0.15) is 12.0 Å². The van der Waals surface area contributed by atoms with Gasteiger partial charge in [0.05, 0.1) is 23.3 Å². The van der Waals surface area contributed by atoms with E-state index in [1.807, 2.05) is 43.9 Å². The van der Waals surface area contributed by atoms with Gasteiger partial charge in [-0.3, -0.25) is 18.8 Å². The molecule has 0 aromatic carbocycles. The lowest BCUT2D eigenvalue weighted by Gasteiger charge is -2.22. The smallest absolute Gasteiger partial charge is 0.312 e. The van der Waals surface area contributed by atoms with Crippen LogP contribution < -0.4 is 5.73 Å². The van der Waals surface area contributed by atoms with Gasteiger partial charge in [0, 0.05) is 29.8 Å². The lowest BCUT2D eigenvalue weighted by Crippen LogP contribution is -2.24. The molecule has 0 bridgehead atoms. The molecule has 0 aliphatic heterocycles. The third kappa shape index (κ3) is 4.51. The SMILES string of the molecule is CC(C)(C)C(=O)OCn1ccc2c(-c3cnn([C@@H](CC(N)=O)C4CCCC4)c3)ncnc21. The zero-order valence-corrected chi connectivity index (χ0v) is 18.8. The maximum atomic E-state index is 12.1. The Labute approximate surface area is 187 Å². The highest BCUT2D eigenvalue weighted by atomic mass is 16.5. The molecule has 170 valence electrons. The fourth-order valence-electron chi connectivity index (χ4n) is 4.35. The van der Waals surface area contributed by atoms with Crippen LogP contribution in [0, 0.1) is 11.3 Å². The minimum Gasteiger partial charge on any atom is -0.443 e. The van der Waals surface area contributed by atoms with Gasteiger partial charge < -0.3 is 10.5 Å². The second-order valence-electron chi connectivity index (χ2n) is 9.55. The van der Waals surface area contributed by atoms with Gasteiger partial charge in [0.15, 0.2) is 6.73 Å². The monoisotopic (exact) mass is 438 g/mol. The highest BCUT2D eigenvalue weighted by Gasteiger charge is 2.29. The fourth-order valence-corrected chi connectivity index (χ4v) is 4.35. The number of esters is 1. The van der Waals surface area contributed by atoms with Crippen LogP contribution in [-0.2, 0) is 21.1 Å². The minimum absolute atomic E-state index is 0.0394. The van der Waals surface area contributed by atoms with E-state index >= 15 is 0 Å². The normalized spacial score (nSPS) is 15.8. The molecule has 1 aliphatic carbocycles. The van der Waals surface area contributed by atoms with Crippen LogP contribution in [0.5, 0.6) is 0 Å². The Bertz CT molecular complexity index is 1120. The molecule has 3 aromatic rings. The van der Waals surface area contributed by atoms with Crippen LogP contribution in [0.2, 0.25) is 0 Å². The number of nitrogens with two attached hydrogens (primary N) is 1. The van der Waals surface area contributed by atoms with Gasteiger partial charge in [0.25, 0.3) is 0 Å². The molecule has 1 amide bonds. The van der Waals surface area contributed by atoms with Crippen LogP contribution in [0.25, 0.3) is 22.3 Å². The highest BCUT2D eigenvalue weighted by molar-refractivity contribution is 5.90. The zero-order valence-electron chi connectivity index (χ0n) is 18.8. The Kier molecular flexibility index (Phi) is 5.99. The van der Waals surface area contributed by atoms with Crippen molar-refractivity contribution in [1.82, 2.24) is 24.3 Å². The Morgan fingerprint density at radius 2 is 2.00 bits per heavy atom. The van der Waals surface area contributed by atoms with E-state index < -0.39 is 5.41 Å². The minimum atomic E-state index is -0.571. The molecule has 4 rings (SSSR count). The molecule has 32 heavy (non-hydrogen) atoms. The van der Waals surface area contributed by atoms with Gasteiger partial charge >= 0.3 is 5.97 Å². The summed E-state index contributed by atoms with van der Waals surface area (Å²) in [5, 5.41) is 5.40. The summed E-state index contributed by atoms with van der Waals surface area (Å²) in [5.41, 5.74) is 7.22. The summed E-state index contributed by atoms with van der Waals surface area (Å²) in [7, 11) is 0. The van der Waals surface area contributed by atoms with Crippen molar-refractivity contribution in [3.8, 4) is 11.3 Å². The third-order valence-electron chi connectivity index (χ3n) is 6.07. The Hall–Kier alpha value is -3.23. The fraction of sp³-hybridized carbons (Fsp3) is 0.522. The largest absolute Gasteiger partial charge is 0.443 e. The second-order valence-corrected chi connectivity index (χ2v) is 9.55. The molecule has 3 aromatic heterocycles. The number of carbonyl (C=O) groups is 2. The summed E-state index contributed by atoms with van der Waals surface area (Å²) in [6, 6.07) is 1.87. The van der Waals surface area contributed by atoms with Crippen LogP contribution in [0.4, 0.5) is 0 Å². The average Bonchev–Trinajstić information content (AvgIpc) is 3.50. The first-order valence-corrected chi connectivity index (χ1v) is 11.0. The third-order valence-corrected chi connectivity index (χ3v) is 6.07. The van der Waals surface area contributed by atoms with E-state index in [-0.39, 0.29) is 31.1 Å². The van der Waals surface area contributed by atoms with Crippen LogP contribution >= 0.6 is 0 Å². The van der Waals surface area contributed by atoms with Crippen molar-refractivity contribution < 1.29 is 14.3 Å². The van der Waals surface area contributed by atoms with Gasteiger partial charge in [-0.1, -0.05) is 12.8 Å². The summed E-state index contributed by atoms with van der Waals surface area (Å²) in [5.74, 6) is -0.188. The maximum absolute atomic E-state index is 12.1. The van der Waals surface area contributed by atoms with Gasteiger partial charge in [0.2, 0.25) is 5.91 Å².